The van der Waals surface area contributed by atoms with Gasteiger partial charge in [-0.05, 0) is 79.7 Å². The van der Waals surface area contributed by atoms with Crippen LogP contribution in [0.3, 0.4) is 0 Å². The van der Waals surface area contributed by atoms with E-state index in [1.807, 2.05) is 39.0 Å². The second-order valence-corrected chi connectivity index (χ2v) is 13.5. The molecule has 1 unspecified atom stereocenters. The lowest BCUT2D eigenvalue weighted by atomic mass is 10.0. The molecule has 4 aromatic rings. The van der Waals surface area contributed by atoms with E-state index >= 15 is 0 Å². The van der Waals surface area contributed by atoms with Gasteiger partial charge in [0, 0.05) is 49.7 Å². The third-order valence-electron chi connectivity index (χ3n) is 7.83. The predicted molar refractivity (Wildman–Crippen MR) is 177 cm³/mol. The average molecular weight is 668 g/mol. The second kappa shape index (κ2) is 14.1. The number of anilines is 2. The number of carbonyl (C=O) groups excluding carboxylic acids is 1. The van der Waals surface area contributed by atoms with Crippen molar-refractivity contribution < 1.29 is 31.5 Å². The van der Waals surface area contributed by atoms with E-state index in [2.05, 4.69) is 15.6 Å². The zero-order chi connectivity index (χ0) is 33.8. The van der Waals surface area contributed by atoms with Crippen molar-refractivity contribution >= 4 is 38.2 Å². The zero-order valence-corrected chi connectivity index (χ0v) is 27.3. The van der Waals surface area contributed by atoms with E-state index in [0.717, 1.165) is 15.1 Å². The topological polar surface area (TPSA) is 136 Å². The number of hydrogen-bond donors (Lipinski definition) is 3. The molecule has 1 aromatic heterocycles. The molecule has 1 saturated heterocycles. The Kier molecular flexibility index (Phi) is 10.2. The number of nitrogen functional groups attached to an aromatic ring is 1. The molecule has 1 fully saturated rings. The van der Waals surface area contributed by atoms with Crippen molar-refractivity contribution in [2.75, 3.05) is 30.7 Å². The highest BCUT2D eigenvalue weighted by Crippen LogP contribution is 2.34. The molecule has 1 aliphatic rings. The summed E-state index contributed by atoms with van der Waals surface area (Å²) in [6, 6.07) is 17.9. The quantitative estimate of drug-likeness (QED) is 0.170. The number of ether oxygens (including phenoxy) is 2. The molecule has 10 nitrogen and oxygen atoms in total. The van der Waals surface area contributed by atoms with Gasteiger partial charge in [-0.25, -0.2) is 22.2 Å². The van der Waals surface area contributed by atoms with E-state index < -0.39 is 40.7 Å². The van der Waals surface area contributed by atoms with E-state index in [-0.39, 0.29) is 30.6 Å². The fourth-order valence-electron chi connectivity index (χ4n) is 5.46. The first kappa shape index (κ1) is 33.9. The Morgan fingerprint density at radius 2 is 1.79 bits per heavy atom. The van der Waals surface area contributed by atoms with Gasteiger partial charge < -0.3 is 25.8 Å². The summed E-state index contributed by atoms with van der Waals surface area (Å²) in [5.41, 5.74) is 7.58. The molecule has 2 heterocycles. The highest BCUT2D eigenvalue weighted by molar-refractivity contribution is 7.89. The molecule has 1 amide bonds. The van der Waals surface area contributed by atoms with Gasteiger partial charge in [-0.2, -0.15) is 4.31 Å². The number of carbonyl (C=O) groups is 1. The Labute approximate surface area is 273 Å². The fourth-order valence-corrected chi connectivity index (χ4v) is 7.12. The smallest absolute Gasteiger partial charge is 0.250 e. The van der Waals surface area contributed by atoms with Gasteiger partial charge in [0.05, 0.1) is 17.6 Å². The molecular weight excluding hydrogens is 628 g/mol. The average Bonchev–Trinajstić information content (AvgIpc) is 3.03. The molecular formula is C34H39F2N5O5S. The lowest BCUT2D eigenvalue weighted by Crippen LogP contribution is -2.43. The second-order valence-electron chi connectivity index (χ2n) is 11.6. The Bertz CT molecular complexity index is 1840. The van der Waals surface area contributed by atoms with Crippen molar-refractivity contribution in [2.24, 2.45) is 0 Å². The summed E-state index contributed by atoms with van der Waals surface area (Å²) in [7, 11) is -4.08. The Balaban J connectivity index is 1.44. The molecule has 0 aliphatic carbocycles. The summed E-state index contributed by atoms with van der Waals surface area (Å²) in [5.74, 6) is -1.94. The van der Waals surface area contributed by atoms with Gasteiger partial charge in [-0.15, -0.1) is 0 Å². The number of fused-ring (bicyclic) bond motifs is 1. The normalized spacial score (nSPS) is 15.7. The highest BCUT2D eigenvalue weighted by atomic mass is 32.2. The van der Waals surface area contributed by atoms with Gasteiger partial charge >= 0.3 is 0 Å². The maximum absolute atomic E-state index is 14.0. The van der Waals surface area contributed by atoms with Crippen LogP contribution < -0.4 is 25.8 Å². The number of aromatic nitrogens is 1. The first-order chi connectivity index (χ1) is 22.4. The van der Waals surface area contributed by atoms with Crippen molar-refractivity contribution in [3.05, 3.63) is 84.1 Å². The van der Waals surface area contributed by atoms with Crippen molar-refractivity contribution in [3.8, 4) is 11.5 Å². The molecule has 250 valence electrons. The predicted octanol–water partition coefficient (Wildman–Crippen LogP) is 5.89. The number of pyridine rings is 1. The standard InChI is InChI=1S/C34H39F2N5O5S/c1-4-45-29-20-24(9-12-28(29)46-22(2)3)31(40-26-10-11-27-23(19-26)13-16-38-32(27)37)33(42)39-21-25-7-5-6-8-30(25)47(43,44)41-17-14-34(35,36)15-18-41/h5-13,16,19-20,22,31,40H,4,14-15,17-18,21H2,1-3H3,(H2,37,38)(H,39,42). The lowest BCUT2D eigenvalue weighted by Gasteiger charge is -2.31. The first-order valence-corrected chi connectivity index (χ1v) is 16.9. The summed E-state index contributed by atoms with van der Waals surface area (Å²) in [5, 5.41) is 7.79. The molecule has 1 atom stereocenters. The summed E-state index contributed by atoms with van der Waals surface area (Å²) >= 11 is 0. The largest absolute Gasteiger partial charge is 0.490 e. The molecule has 0 radical (unpaired) electrons. The number of amides is 1. The molecule has 0 bridgehead atoms. The molecule has 1 aliphatic heterocycles. The van der Waals surface area contributed by atoms with Crippen LogP contribution in [-0.4, -0.2) is 55.3 Å². The number of rotatable bonds is 12. The first-order valence-electron chi connectivity index (χ1n) is 15.5. The van der Waals surface area contributed by atoms with Gasteiger partial charge in [-0.1, -0.05) is 24.3 Å². The number of hydrogen-bond acceptors (Lipinski definition) is 8. The van der Waals surface area contributed by atoms with E-state index in [1.165, 1.54) is 6.07 Å². The zero-order valence-electron chi connectivity index (χ0n) is 26.5. The number of benzene rings is 3. The Morgan fingerprint density at radius 1 is 1.04 bits per heavy atom. The van der Waals surface area contributed by atoms with Crippen LogP contribution in [0.25, 0.3) is 10.8 Å². The molecule has 13 heteroatoms. The van der Waals surface area contributed by atoms with Gasteiger partial charge in [0.15, 0.2) is 11.5 Å². The van der Waals surface area contributed by atoms with Crippen molar-refractivity contribution in [1.29, 1.82) is 0 Å². The van der Waals surface area contributed by atoms with E-state index in [9.17, 15) is 22.0 Å². The Hall–Kier alpha value is -4.49. The third kappa shape index (κ3) is 7.91. The van der Waals surface area contributed by atoms with Gasteiger partial charge in [0.2, 0.25) is 15.9 Å². The van der Waals surface area contributed by atoms with Gasteiger partial charge in [0.25, 0.3) is 5.92 Å². The van der Waals surface area contributed by atoms with E-state index in [1.54, 1.807) is 48.7 Å². The number of piperidine rings is 1. The number of alkyl halides is 2. The summed E-state index contributed by atoms with van der Waals surface area (Å²) < 4.78 is 67.4. The number of halogens is 2. The maximum Gasteiger partial charge on any atom is 0.250 e. The number of nitrogens with two attached hydrogens (primary N) is 1. The molecule has 3 aromatic carbocycles. The van der Waals surface area contributed by atoms with Crippen LogP contribution in [0.4, 0.5) is 20.3 Å². The SMILES string of the molecule is CCOc1cc(C(Nc2ccc3c(N)nccc3c2)C(=O)NCc2ccccc2S(=O)(=O)N2CCC(F)(F)CC2)ccc1OC(C)C. The molecule has 0 saturated carbocycles. The highest BCUT2D eigenvalue weighted by Gasteiger charge is 2.39. The summed E-state index contributed by atoms with van der Waals surface area (Å²) in [6.07, 6.45) is 0.422. The van der Waals surface area contributed by atoms with Crippen LogP contribution in [0.2, 0.25) is 0 Å². The number of sulfonamides is 1. The summed E-state index contributed by atoms with van der Waals surface area (Å²) in [4.78, 5) is 18.1. The minimum Gasteiger partial charge on any atom is -0.490 e. The van der Waals surface area contributed by atoms with Gasteiger partial charge in [-0.3, -0.25) is 4.79 Å². The maximum atomic E-state index is 14.0. The third-order valence-corrected chi connectivity index (χ3v) is 9.83. The van der Waals surface area contributed by atoms with Crippen LogP contribution in [0.5, 0.6) is 11.5 Å². The summed E-state index contributed by atoms with van der Waals surface area (Å²) in [6.45, 7) is 5.35. The van der Waals surface area contributed by atoms with Gasteiger partial charge in [0.1, 0.15) is 11.9 Å². The van der Waals surface area contributed by atoms with Crippen molar-refractivity contribution in [1.82, 2.24) is 14.6 Å². The van der Waals surface area contributed by atoms with Crippen molar-refractivity contribution in [2.45, 2.75) is 63.1 Å². The number of nitrogens with one attached hydrogen (secondary N) is 2. The lowest BCUT2D eigenvalue weighted by molar-refractivity contribution is -0.122. The monoisotopic (exact) mass is 667 g/mol. The van der Waals surface area contributed by atoms with E-state index in [0.29, 0.717) is 40.7 Å². The molecule has 0 spiro atoms. The van der Waals surface area contributed by atoms with Crippen LogP contribution in [0.1, 0.15) is 50.8 Å². The fraction of sp³-hybridized carbons (Fsp3) is 0.353. The molecule has 4 N–H and O–H groups in total. The van der Waals surface area contributed by atoms with Crippen molar-refractivity contribution in [3.63, 3.8) is 0 Å². The number of nitrogens with zero attached hydrogens (tertiary/aromatic N) is 2. The minimum absolute atomic E-state index is 0.0374. The van der Waals surface area contributed by atoms with Crippen LogP contribution >= 0.6 is 0 Å². The Morgan fingerprint density at radius 3 is 2.51 bits per heavy atom. The van der Waals surface area contributed by atoms with Crippen LogP contribution in [0.15, 0.2) is 77.8 Å². The molecule has 5 rings (SSSR count). The molecule has 47 heavy (non-hydrogen) atoms. The minimum atomic E-state index is -4.08. The van der Waals surface area contributed by atoms with Crippen LogP contribution in [0, 0.1) is 0 Å². The van der Waals surface area contributed by atoms with Crippen LogP contribution in [-0.2, 0) is 21.4 Å². The van der Waals surface area contributed by atoms with E-state index in [4.69, 9.17) is 15.2 Å².